The van der Waals surface area contributed by atoms with Crippen LogP contribution in [-0.2, 0) is 13.9 Å². The lowest BCUT2D eigenvalue weighted by Gasteiger charge is -2.37. The third-order valence-electron chi connectivity index (χ3n) is 11.0. The number of carbonyl (C=O) groups is 2. The van der Waals surface area contributed by atoms with Crippen molar-refractivity contribution in [2.45, 2.75) is 88.1 Å². The Morgan fingerprint density at radius 2 is 1.15 bits per heavy atom. The SMILES string of the molecule is CC(C)(C)[Si](C)(C)OC[C@H]1OC(n2cnc3c(NC(=O)c4ccccc4)ncnc32)[C@H](F)[C@@H]1O.O=C(Nc1ncnc2c1ncn2C1O[C@H](CO)[C@@H](O)[C@H]1F)c1ccccc1. The molecular formula is C40H46F2N10O8Si. The normalized spacial score (nSPS) is 24.1. The van der Waals surface area contributed by atoms with Crippen LogP contribution in [-0.4, -0.2) is 124 Å². The van der Waals surface area contributed by atoms with Gasteiger partial charge in [-0.25, -0.2) is 38.7 Å². The van der Waals surface area contributed by atoms with Crippen LogP contribution in [0.25, 0.3) is 22.3 Å². The fourth-order valence-electron chi connectivity index (χ4n) is 6.45. The third kappa shape index (κ3) is 8.89. The Bertz CT molecular complexity index is 2470. The van der Waals surface area contributed by atoms with Crippen molar-refractivity contribution < 1.29 is 47.6 Å². The zero-order valence-corrected chi connectivity index (χ0v) is 34.8. The molecule has 322 valence electrons. The van der Waals surface area contributed by atoms with Gasteiger partial charge >= 0.3 is 0 Å². The van der Waals surface area contributed by atoms with Gasteiger partial charge in [0.25, 0.3) is 11.8 Å². The van der Waals surface area contributed by atoms with Gasteiger partial charge < -0.3 is 39.9 Å². The van der Waals surface area contributed by atoms with Gasteiger partial charge in [-0.05, 0) is 42.4 Å². The molecule has 2 saturated heterocycles. The first-order valence-corrected chi connectivity index (χ1v) is 22.3. The molecule has 2 aliphatic rings. The van der Waals surface area contributed by atoms with Crippen LogP contribution in [0.1, 0.15) is 53.9 Å². The Labute approximate surface area is 349 Å². The number of halogens is 2. The second kappa shape index (κ2) is 17.7. The maximum Gasteiger partial charge on any atom is 0.256 e. The number of carbonyl (C=O) groups excluding carboxylic acids is 2. The number of alkyl halides is 2. The molecule has 6 aromatic rings. The number of imidazole rings is 2. The number of anilines is 2. The summed E-state index contributed by atoms with van der Waals surface area (Å²) in [5.74, 6) is -0.361. The number of amides is 2. The van der Waals surface area contributed by atoms with Gasteiger partial charge in [-0.1, -0.05) is 57.2 Å². The van der Waals surface area contributed by atoms with Crippen LogP contribution in [0.2, 0.25) is 18.1 Å². The number of aliphatic hydroxyl groups is 3. The molecule has 2 unspecified atom stereocenters. The average Bonchev–Trinajstić information content (AvgIpc) is 4.02. The van der Waals surface area contributed by atoms with Crippen LogP contribution in [0.4, 0.5) is 20.4 Å². The first kappa shape index (κ1) is 43.4. The summed E-state index contributed by atoms with van der Waals surface area (Å²) in [5.41, 5.74) is 1.96. The average molecular weight is 861 g/mol. The van der Waals surface area contributed by atoms with Gasteiger partial charge in [0.1, 0.15) is 37.1 Å². The summed E-state index contributed by atoms with van der Waals surface area (Å²) in [4.78, 5) is 49.8. The maximum absolute atomic E-state index is 15.1. The highest BCUT2D eigenvalue weighted by molar-refractivity contribution is 6.74. The number of hydrogen-bond acceptors (Lipinski definition) is 14. The molecule has 0 spiro atoms. The van der Waals surface area contributed by atoms with Crippen molar-refractivity contribution in [3.8, 4) is 0 Å². The van der Waals surface area contributed by atoms with E-state index in [1.54, 1.807) is 54.6 Å². The maximum atomic E-state index is 15.1. The molecular weight excluding hydrogens is 815 g/mol. The van der Waals surface area contributed by atoms with Crippen molar-refractivity contribution in [3.63, 3.8) is 0 Å². The predicted molar refractivity (Wildman–Crippen MR) is 219 cm³/mol. The number of aliphatic hydroxyl groups excluding tert-OH is 3. The largest absolute Gasteiger partial charge is 0.414 e. The second-order valence-corrected chi connectivity index (χ2v) is 20.8. The van der Waals surface area contributed by atoms with Crippen LogP contribution >= 0.6 is 0 Å². The number of fused-ring (bicyclic) bond motifs is 2. The van der Waals surface area contributed by atoms with E-state index < -0.39 is 64.1 Å². The minimum absolute atomic E-state index is 0.0247. The Hall–Kier alpha value is -5.68. The minimum atomic E-state index is -2.10. The van der Waals surface area contributed by atoms with Gasteiger partial charge in [0.05, 0.1) is 25.9 Å². The quantitative estimate of drug-likeness (QED) is 0.121. The molecule has 61 heavy (non-hydrogen) atoms. The van der Waals surface area contributed by atoms with E-state index in [0.29, 0.717) is 11.1 Å². The summed E-state index contributed by atoms with van der Waals surface area (Å²) in [7, 11) is -2.10. The molecule has 2 aromatic carbocycles. The number of benzene rings is 2. The topological polar surface area (TPSA) is 234 Å². The van der Waals surface area contributed by atoms with Crippen molar-refractivity contribution in [2.75, 3.05) is 23.8 Å². The number of aromatic nitrogens is 8. The fourth-order valence-corrected chi connectivity index (χ4v) is 7.46. The van der Waals surface area contributed by atoms with Crippen molar-refractivity contribution in [1.82, 2.24) is 39.0 Å². The first-order chi connectivity index (χ1) is 29.1. The van der Waals surface area contributed by atoms with E-state index in [4.69, 9.17) is 13.9 Å². The van der Waals surface area contributed by atoms with E-state index >= 15 is 4.39 Å². The molecule has 18 nitrogen and oxygen atoms in total. The lowest BCUT2D eigenvalue weighted by molar-refractivity contribution is -0.0459. The van der Waals surface area contributed by atoms with E-state index in [1.165, 1.54) is 34.4 Å². The van der Waals surface area contributed by atoms with Crippen LogP contribution in [0.3, 0.4) is 0 Å². The highest BCUT2D eigenvalue weighted by atomic mass is 28.4. The summed E-state index contributed by atoms with van der Waals surface area (Å²) in [6.07, 6.45) is -5.36. The molecule has 8 atom stereocenters. The van der Waals surface area contributed by atoms with Gasteiger partial charge in [0.2, 0.25) is 0 Å². The van der Waals surface area contributed by atoms with E-state index in [1.807, 2.05) is 6.07 Å². The molecule has 0 saturated carbocycles. The van der Waals surface area contributed by atoms with Gasteiger partial charge in [-0.3, -0.25) is 18.7 Å². The number of hydrogen-bond donors (Lipinski definition) is 5. The molecule has 0 aliphatic carbocycles. The van der Waals surface area contributed by atoms with Crippen LogP contribution in [0.15, 0.2) is 86.0 Å². The summed E-state index contributed by atoms with van der Waals surface area (Å²) >= 11 is 0. The summed E-state index contributed by atoms with van der Waals surface area (Å²) in [5, 5.41) is 34.9. The van der Waals surface area contributed by atoms with Gasteiger partial charge in [-0.2, -0.15) is 0 Å². The Balaban J connectivity index is 0.000000189. The van der Waals surface area contributed by atoms with Crippen molar-refractivity contribution >= 4 is 54.1 Å². The van der Waals surface area contributed by atoms with E-state index in [-0.39, 0.29) is 57.4 Å². The van der Waals surface area contributed by atoms with E-state index in [2.05, 4.69) is 74.4 Å². The van der Waals surface area contributed by atoms with Gasteiger partial charge in [0, 0.05) is 11.1 Å². The summed E-state index contributed by atoms with van der Waals surface area (Å²) < 4.78 is 49.6. The Kier molecular flexibility index (Phi) is 12.6. The monoisotopic (exact) mass is 860 g/mol. The molecule has 5 N–H and O–H groups in total. The van der Waals surface area contributed by atoms with Crippen LogP contribution in [0.5, 0.6) is 0 Å². The zero-order valence-electron chi connectivity index (χ0n) is 33.8. The fraction of sp³-hybridized carbons (Fsp3) is 0.400. The third-order valence-corrected chi connectivity index (χ3v) is 15.5. The highest BCUT2D eigenvalue weighted by Crippen LogP contribution is 2.39. The molecule has 21 heteroatoms. The van der Waals surface area contributed by atoms with E-state index in [9.17, 15) is 29.3 Å². The van der Waals surface area contributed by atoms with Gasteiger partial charge in [-0.15, -0.1) is 0 Å². The highest BCUT2D eigenvalue weighted by Gasteiger charge is 2.48. The zero-order chi connectivity index (χ0) is 43.6. The van der Waals surface area contributed by atoms with Crippen LogP contribution in [0, 0.1) is 0 Å². The molecule has 4 aromatic heterocycles. The standard InChI is InChI=1S/C23H30FN5O4Si.C17H16FN5O4/c1-23(2,3)34(4,5)32-11-15-18(30)16(24)22(33-15)29-13-27-17-19(25-12-26-20(17)29)28-21(31)14-9-7-6-8-10-14;18-11-13(25)10(6-24)27-17(11)23-8-21-12-14(19-7-20-15(12)23)22-16(26)9-4-2-1-3-5-9/h6-10,12-13,15-16,18,22,30H,11H2,1-5H3,(H,25,26,28,31);1-5,7-8,10-11,13,17,24-25H,6H2,(H,19,20,22,26)/t15-,16-,18-,22?;10-,11-,13-,17?/m11/s1. The van der Waals surface area contributed by atoms with Crippen molar-refractivity contribution in [1.29, 1.82) is 0 Å². The first-order valence-electron chi connectivity index (χ1n) is 19.4. The number of nitrogens with one attached hydrogen (secondary N) is 2. The smallest absolute Gasteiger partial charge is 0.256 e. The molecule has 2 fully saturated rings. The summed E-state index contributed by atoms with van der Waals surface area (Å²) in [6, 6.07) is 17.3. The van der Waals surface area contributed by atoms with Crippen molar-refractivity contribution in [3.05, 3.63) is 97.1 Å². The Morgan fingerprint density at radius 1 is 0.721 bits per heavy atom. The van der Waals surface area contributed by atoms with Gasteiger partial charge in [0.15, 0.2) is 67.1 Å². The molecule has 0 bridgehead atoms. The molecule has 2 aliphatic heterocycles. The van der Waals surface area contributed by atoms with E-state index in [0.717, 1.165) is 0 Å². The predicted octanol–water partition coefficient (Wildman–Crippen LogP) is 4.36. The number of nitrogens with zero attached hydrogens (tertiary/aromatic N) is 8. The summed E-state index contributed by atoms with van der Waals surface area (Å²) in [6.45, 7) is 10.1. The van der Waals surface area contributed by atoms with Crippen molar-refractivity contribution in [2.24, 2.45) is 0 Å². The molecule has 2 amide bonds. The number of rotatable bonds is 10. The van der Waals surface area contributed by atoms with Crippen LogP contribution < -0.4 is 10.6 Å². The molecule has 6 heterocycles. The molecule has 8 rings (SSSR count). The lowest BCUT2D eigenvalue weighted by Crippen LogP contribution is -2.44. The molecule has 0 radical (unpaired) electrons. The Morgan fingerprint density at radius 3 is 1.56 bits per heavy atom. The lowest BCUT2D eigenvalue weighted by atomic mass is 10.1. The minimum Gasteiger partial charge on any atom is -0.414 e. The second-order valence-electron chi connectivity index (χ2n) is 16.0. The number of ether oxygens (including phenoxy) is 2.